The van der Waals surface area contributed by atoms with Gasteiger partial charge in [0.15, 0.2) is 0 Å². The third-order valence-corrected chi connectivity index (χ3v) is 2.89. The van der Waals surface area contributed by atoms with Gasteiger partial charge in [-0.2, -0.15) is 5.10 Å². The Hall–Kier alpha value is -2.02. The van der Waals surface area contributed by atoms with E-state index in [4.69, 9.17) is 0 Å². The van der Waals surface area contributed by atoms with Crippen LogP contribution in [0.15, 0.2) is 30.3 Å². The maximum absolute atomic E-state index is 12.0. The number of ether oxygens (including phenoxy) is 1. The van der Waals surface area contributed by atoms with Gasteiger partial charge in [-0.1, -0.05) is 12.1 Å². The Bertz CT molecular complexity index is 591. The number of hydrogen-bond acceptors (Lipinski definition) is 3. The first-order valence-corrected chi connectivity index (χ1v) is 6.38. The summed E-state index contributed by atoms with van der Waals surface area (Å²) >= 11 is 0. The van der Waals surface area contributed by atoms with Gasteiger partial charge in [-0.05, 0) is 30.7 Å². The van der Waals surface area contributed by atoms with Gasteiger partial charge in [-0.3, -0.25) is 4.68 Å². The molecule has 0 aliphatic carbocycles. The molecule has 0 saturated heterocycles. The van der Waals surface area contributed by atoms with Crippen molar-refractivity contribution in [2.75, 3.05) is 0 Å². The lowest BCUT2D eigenvalue weighted by Crippen LogP contribution is -2.17. The summed E-state index contributed by atoms with van der Waals surface area (Å²) in [6.07, 6.45) is -4.66. The predicted molar refractivity (Wildman–Crippen MR) is 71.6 cm³/mol. The van der Waals surface area contributed by atoms with Crippen molar-refractivity contribution >= 4 is 0 Å². The van der Waals surface area contributed by atoms with Crippen molar-refractivity contribution in [1.29, 1.82) is 0 Å². The van der Waals surface area contributed by atoms with E-state index in [0.29, 0.717) is 13.1 Å². The van der Waals surface area contributed by atoms with E-state index in [1.54, 1.807) is 16.8 Å². The van der Waals surface area contributed by atoms with Crippen LogP contribution in [0.3, 0.4) is 0 Å². The van der Waals surface area contributed by atoms with E-state index in [0.717, 1.165) is 17.0 Å². The average Bonchev–Trinajstić information content (AvgIpc) is 2.68. The Balaban J connectivity index is 1.85. The summed E-state index contributed by atoms with van der Waals surface area (Å²) in [7, 11) is 1.87. The number of aryl methyl sites for hydroxylation is 2. The van der Waals surface area contributed by atoms with Crippen LogP contribution in [-0.2, 0) is 20.1 Å². The van der Waals surface area contributed by atoms with Crippen LogP contribution in [0.2, 0.25) is 0 Å². The summed E-state index contributed by atoms with van der Waals surface area (Å²) in [4.78, 5) is 0. The standard InChI is InChI=1S/C14H16F3N3O/c1-10-7-12(20(2)19-10)9-18-8-11-3-5-13(6-4-11)21-14(15,16)17/h3-7,18H,8-9H2,1-2H3. The quantitative estimate of drug-likeness (QED) is 0.922. The second-order valence-electron chi connectivity index (χ2n) is 4.70. The Labute approximate surface area is 120 Å². The zero-order valence-electron chi connectivity index (χ0n) is 11.7. The van der Waals surface area contributed by atoms with Crippen LogP contribution in [0.5, 0.6) is 5.75 Å². The molecule has 1 aromatic carbocycles. The molecule has 4 nitrogen and oxygen atoms in total. The van der Waals surface area contributed by atoms with Crippen LogP contribution in [0.25, 0.3) is 0 Å². The highest BCUT2D eigenvalue weighted by atomic mass is 19.4. The van der Waals surface area contributed by atoms with Crippen LogP contribution in [0.1, 0.15) is 17.0 Å². The lowest BCUT2D eigenvalue weighted by atomic mass is 10.2. The fraction of sp³-hybridized carbons (Fsp3) is 0.357. The van der Waals surface area contributed by atoms with E-state index in [1.807, 2.05) is 20.0 Å². The van der Waals surface area contributed by atoms with E-state index in [9.17, 15) is 13.2 Å². The SMILES string of the molecule is Cc1cc(CNCc2ccc(OC(F)(F)F)cc2)n(C)n1. The molecule has 0 amide bonds. The van der Waals surface area contributed by atoms with Crippen molar-refractivity contribution in [3.05, 3.63) is 47.3 Å². The molecule has 1 heterocycles. The lowest BCUT2D eigenvalue weighted by Gasteiger charge is -2.09. The zero-order valence-corrected chi connectivity index (χ0v) is 11.7. The molecule has 0 aliphatic rings. The number of aromatic nitrogens is 2. The topological polar surface area (TPSA) is 39.1 Å². The minimum Gasteiger partial charge on any atom is -0.406 e. The number of nitrogens with one attached hydrogen (secondary N) is 1. The molecule has 0 aliphatic heterocycles. The van der Waals surface area contributed by atoms with Crippen LogP contribution < -0.4 is 10.1 Å². The molecule has 21 heavy (non-hydrogen) atoms. The fourth-order valence-electron chi connectivity index (χ4n) is 1.97. The Morgan fingerprint density at radius 1 is 1.19 bits per heavy atom. The van der Waals surface area contributed by atoms with Crippen molar-refractivity contribution in [3.63, 3.8) is 0 Å². The van der Waals surface area contributed by atoms with Gasteiger partial charge in [-0.15, -0.1) is 13.2 Å². The molecule has 1 aromatic heterocycles. The van der Waals surface area contributed by atoms with Gasteiger partial charge < -0.3 is 10.1 Å². The highest BCUT2D eigenvalue weighted by Gasteiger charge is 2.30. The molecule has 0 fully saturated rings. The molecule has 0 atom stereocenters. The number of rotatable bonds is 5. The lowest BCUT2D eigenvalue weighted by molar-refractivity contribution is -0.274. The molecular formula is C14H16F3N3O. The molecule has 1 N–H and O–H groups in total. The molecule has 2 aromatic rings. The molecule has 0 bridgehead atoms. The third kappa shape index (κ3) is 4.78. The summed E-state index contributed by atoms with van der Waals surface area (Å²) in [5.74, 6) is -0.214. The normalized spacial score (nSPS) is 11.7. The second kappa shape index (κ2) is 6.17. The van der Waals surface area contributed by atoms with Crippen molar-refractivity contribution in [3.8, 4) is 5.75 Å². The molecule has 0 saturated carbocycles. The number of halogens is 3. The zero-order chi connectivity index (χ0) is 15.5. The maximum atomic E-state index is 12.0. The summed E-state index contributed by atoms with van der Waals surface area (Å²) < 4.78 is 41.7. The maximum Gasteiger partial charge on any atom is 0.573 e. The van der Waals surface area contributed by atoms with Gasteiger partial charge >= 0.3 is 6.36 Å². The van der Waals surface area contributed by atoms with E-state index in [2.05, 4.69) is 15.2 Å². The second-order valence-corrected chi connectivity index (χ2v) is 4.70. The minimum absolute atomic E-state index is 0.214. The molecule has 7 heteroatoms. The smallest absolute Gasteiger partial charge is 0.406 e. The average molecular weight is 299 g/mol. The highest BCUT2D eigenvalue weighted by Crippen LogP contribution is 2.22. The van der Waals surface area contributed by atoms with Gasteiger partial charge in [-0.25, -0.2) is 0 Å². The summed E-state index contributed by atoms with van der Waals surface area (Å²) in [5.41, 5.74) is 2.87. The number of alkyl halides is 3. The van der Waals surface area contributed by atoms with E-state index >= 15 is 0 Å². The predicted octanol–water partition coefficient (Wildman–Crippen LogP) is 2.92. The summed E-state index contributed by atoms with van der Waals surface area (Å²) in [6, 6.07) is 7.79. The van der Waals surface area contributed by atoms with Crippen LogP contribution in [-0.4, -0.2) is 16.1 Å². The molecule has 2 rings (SSSR count). The van der Waals surface area contributed by atoms with Crippen LogP contribution in [0.4, 0.5) is 13.2 Å². The van der Waals surface area contributed by atoms with Crippen molar-refractivity contribution in [2.24, 2.45) is 7.05 Å². The molecule has 0 radical (unpaired) electrons. The molecular weight excluding hydrogens is 283 g/mol. The highest BCUT2D eigenvalue weighted by molar-refractivity contribution is 5.27. The van der Waals surface area contributed by atoms with Crippen LogP contribution in [0, 0.1) is 6.92 Å². The van der Waals surface area contributed by atoms with E-state index in [1.165, 1.54) is 12.1 Å². The van der Waals surface area contributed by atoms with Crippen molar-refractivity contribution in [2.45, 2.75) is 26.4 Å². The number of benzene rings is 1. The Kier molecular flexibility index (Phi) is 4.52. The van der Waals surface area contributed by atoms with Gasteiger partial charge in [0, 0.05) is 20.1 Å². The fourth-order valence-corrected chi connectivity index (χ4v) is 1.97. The number of nitrogens with zero attached hydrogens (tertiary/aromatic N) is 2. The Morgan fingerprint density at radius 2 is 1.86 bits per heavy atom. The first-order chi connectivity index (χ1) is 9.83. The number of hydrogen-bond donors (Lipinski definition) is 1. The van der Waals surface area contributed by atoms with Gasteiger partial charge in [0.25, 0.3) is 0 Å². The molecule has 0 spiro atoms. The first-order valence-electron chi connectivity index (χ1n) is 6.38. The minimum atomic E-state index is -4.66. The van der Waals surface area contributed by atoms with Crippen LogP contribution >= 0.6 is 0 Å². The largest absolute Gasteiger partial charge is 0.573 e. The monoisotopic (exact) mass is 299 g/mol. The van der Waals surface area contributed by atoms with Gasteiger partial charge in [0.1, 0.15) is 5.75 Å². The van der Waals surface area contributed by atoms with Gasteiger partial charge in [0.2, 0.25) is 0 Å². The summed E-state index contributed by atoms with van der Waals surface area (Å²) in [5, 5.41) is 7.45. The third-order valence-electron chi connectivity index (χ3n) is 2.89. The molecule has 114 valence electrons. The van der Waals surface area contributed by atoms with Crippen molar-refractivity contribution < 1.29 is 17.9 Å². The first kappa shape index (κ1) is 15.4. The van der Waals surface area contributed by atoms with E-state index in [-0.39, 0.29) is 5.75 Å². The van der Waals surface area contributed by atoms with Crippen molar-refractivity contribution in [1.82, 2.24) is 15.1 Å². The summed E-state index contributed by atoms with van der Waals surface area (Å²) in [6.45, 7) is 3.11. The van der Waals surface area contributed by atoms with Gasteiger partial charge in [0.05, 0.1) is 11.4 Å². The molecule has 0 unspecified atom stereocenters. The van der Waals surface area contributed by atoms with E-state index < -0.39 is 6.36 Å². The Morgan fingerprint density at radius 3 is 2.38 bits per heavy atom.